The highest BCUT2D eigenvalue weighted by atomic mass is 32.1. The van der Waals surface area contributed by atoms with Crippen molar-refractivity contribution in [2.45, 2.75) is 25.8 Å². The van der Waals surface area contributed by atoms with Gasteiger partial charge in [-0.05, 0) is 25.8 Å². The highest BCUT2D eigenvalue weighted by molar-refractivity contribution is 7.09. The fraction of sp³-hybridized carbons (Fsp3) is 0.353. The predicted octanol–water partition coefficient (Wildman–Crippen LogP) is 3.16. The summed E-state index contributed by atoms with van der Waals surface area (Å²) in [5, 5.41) is 9.93. The van der Waals surface area contributed by atoms with Crippen molar-refractivity contribution in [3.63, 3.8) is 0 Å². The first-order valence-corrected chi connectivity index (χ1v) is 8.90. The maximum Gasteiger partial charge on any atom is 0.271 e. The monoisotopic (exact) mass is 341 g/mol. The fourth-order valence-corrected chi connectivity index (χ4v) is 3.98. The lowest BCUT2D eigenvalue weighted by atomic mass is 10.1. The summed E-state index contributed by atoms with van der Waals surface area (Å²) in [6.45, 7) is 2.77. The van der Waals surface area contributed by atoms with Crippen molar-refractivity contribution in [1.82, 2.24) is 24.6 Å². The van der Waals surface area contributed by atoms with Crippen molar-refractivity contribution in [2.24, 2.45) is 7.05 Å². The van der Waals surface area contributed by atoms with E-state index in [0.717, 1.165) is 41.2 Å². The first-order valence-electron chi connectivity index (χ1n) is 8.02. The minimum absolute atomic E-state index is 0.0689. The molecule has 3 aromatic heterocycles. The third-order valence-corrected chi connectivity index (χ3v) is 5.33. The molecule has 0 aliphatic carbocycles. The van der Waals surface area contributed by atoms with E-state index in [1.54, 1.807) is 11.3 Å². The Balaban J connectivity index is 1.64. The first-order chi connectivity index (χ1) is 11.6. The molecule has 4 rings (SSSR count). The molecule has 7 heteroatoms. The Morgan fingerprint density at radius 2 is 2.33 bits per heavy atom. The minimum Gasteiger partial charge on any atom is -0.346 e. The molecule has 1 saturated heterocycles. The van der Waals surface area contributed by atoms with E-state index >= 15 is 0 Å². The number of H-pyrrole nitrogens is 1. The maximum atomic E-state index is 13.1. The number of thiazole rings is 1. The van der Waals surface area contributed by atoms with Crippen molar-refractivity contribution in [1.29, 1.82) is 0 Å². The average molecular weight is 341 g/mol. The number of aryl methyl sites for hydroxylation is 2. The lowest BCUT2D eigenvalue weighted by Gasteiger charge is -2.24. The topological polar surface area (TPSA) is 66.8 Å². The zero-order valence-corrected chi connectivity index (χ0v) is 14.5. The second-order valence-corrected chi connectivity index (χ2v) is 7.23. The van der Waals surface area contributed by atoms with Crippen LogP contribution >= 0.6 is 11.3 Å². The molecular weight excluding hydrogens is 322 g/mol. The number of aromatic nitrogens is 4. The first kappa shape index (κ1) is 15.1. The summed E-state index contributed by atoms with van der Waals surface area (Å²) in [6.07, 6.45) is 7.66. The highest BCUT2D eigenvalue weighted by Crippen LogP contribution is 2.33. The third kappa shape index (κ3) is 2.54. The van der Waals surface area contributed by atoms with E-state index in [0.29, 0.717) is 5.69 Å². The van der Waals surface area contributed by atoms with Gasteiger partial charge in [-0.1, -0.05) is 0 Å². The third-order valence-electron chi connectivity index (χ3n) is 4.56. The van der Waals surface area contributed by atoms with Crippen molar-refractivity contribution in [3.8, 4) is 11.3 Å². The zero-order chi connectivity index (χ0) is 16.7. The second kappa shape index (κ2) is 5.90. The van der Waals surface area contributed by atoms with Gasteiger partial charge in [0.15, 0.2) is 0 Å². The van der Waals surface area contributed by atoms with Gasteiger partial charge in [0.25, 0.3) is 5.91 Å². The Morgan fingerprint density at radius 1 is 1.46 bits per heavy atom. The molecule has 124 valence electrons. The van der Waals surface area contributed by atoms with Crippen molar-refractivity contribution >= 4 is 17.2 Å². The minimum atomic E-state index is 0.0689. The summed E-state index contributed by atoms with van der Waals surface area (Å²) in [7, 11) is 1.92. The summed E-state index contributed by atoms with van der Waals surface area (Å²) in [5.74, 6) is 0.0689. The molecule has 0 saturated carbocycles. The molecule has 6 nitrogen and oxygen atoms in total. The maximum absolute atomic E-state index is 13.1. The van der Waals surface area contributed by atoms with E-state index in [-0.39, 0.29) is 11.9 Å². The van der Waals surface area contributed by atoms with E-state index < -0.39 is 0 Å². The van der Waals surface area contributed by atoms with Gasteiger partial charge in [0.1, 0.15) is 5.69 Å². The quantitative estimate of drug-likeness (QED) is 0.796. The largest absolute Gasteiger partial charge is 0.346 e. The van der Waals surface area contributed by atoms with Crippen molar-refractivity contribution < 1.29 is 4.79 Å². The van der Waals surface area contributed by atoms with Gasteiger partial charge >= 0.3 is 0 Å². The standard InChI is InChI=1S/C17H19N5OS/c1-11-20-14(10-24-11)12-6-16(21(2)9-12)17(23)22-5-3-4-15(22)13-7-18-19-8-13/h6-10,15H,3-5H2,1-2H3,(H,18,19). The predicted molar refractivity (Wildman–Crippen MR) is 92.9 cm³/mol. The number of hydrogen-bond acceptors (Lipinski definition) is 4. The van der Waals surface area contributed by atoms with Crippen LogP contribution in [-0.2, 0) is 7.05 Å². The SMILES string of the molecule is Cc1nc(-c2cc(C(=O)N3CCCC3c3cn[nH]c3)n(C)c2)cs1. The number of rotatable bonds is 3. The van der Waals surface area contributed by atoms with Gasteiger partial charge in [-0.3, -0.25) is 9.89 Å². The van der Waals surface area contributed by atoms with Crippen LogP contribution in [0.3, 0.4) is 0 Å². The van der Waals surface area contributed by atoms with Crippen LogP contribution in [0.25, 0.3) is 11.3 Å². The lowest BCUT2D eigenvalue weighted by molar-refractivity contribution is 0.0726. The molecule has 1 atom stereocenters. The number of carbonyl (C=O) groups excluding carboxylic acids is 1. The Labute approximate surface area is 144 Å². The Kier molecular flexibility index (Phi) is 3.72. The Hall–Kier alpha value is -2.41. The van der Waals surface area contributed by atoms with E-state index in [1.807, 2.05) is 53.5 Å². The molecule has 0 spiro atoms. The molecule has 1 fully saturated rings. The van der Waals surface area contributed by atoms with Crippen LogP contribution in [0.4, 0.5) is 0 Å². The number of nitrogens with one attached hydrogen (secondary N) is 1. The van der Waals surface area contributed by atoms with Crippen LogP contribution in [0.1, 0.15) is 39.9 Å². The number of carbonyl (C=O) groups is 1. The van der Waals surface area contributed by atoms with Crippen LogP contribution in [-0.4, -0.2) is 37.1 Å². The smallest absolute Gasteiger partial charge is 0.271 e. The second-order valence-electron chi connectivity index (χ2n) is 6.16. The number of likely N-dealkylation sites (tertiary alicyclic amines) is 1. The van der Waals surface area contributed by atoms with Crippen LogP contribution in [0, 0.1) is 6.92 Å². The van der Waals surface area contributed by atoms with Crippen LogP contribution in [0.15, 0.2) is 30.0 Å². The van der Waals surface area contributed by atoms with E-state index in [2.05, 4.69) is 15.2 Å². The number of hydrogen-bond donors (Lipinski definition) is 1. The zero-order valence-electron chi connectivity index (χ0n) is 13.7. The lowest BCUT2D eigenvalue weighted by Crippen LogP contribution is -2.31. The van der Waals surface area contributed by atoms with Gasteiger partial charge in [-0.2, -0.15) is 5.10 Å². The van der Waals surface area contributed by atoms with Gasteiger partial charge in [0.05, 0.1) is 22.9 Å². The van der Waals surface area contributed by atoms with E-state index in [1.165, 1.54) is 0 Å². The molecule has 1 unspecified atom stereocenters. The summed E-state index contributed by atoms with van der Waals surface area (Å²) < 4.78 is 1.90. The summed E-state index contributed by atoms with van der Waals surface area (Å²) >= 11 is 1.62. The molecule has 1 aliphatic rings. The molecule has 1 amide bonds. The van der Waals surface area contributed by atoms with E-state index in [4.69, 9.17) is 0 Å². The Morgan fingerprint density at radius 3 is 3.04 bits per heavy atom. The fourth-order valence-electron chi connectivity index (χ4n) is 3.36. The molecule has 0 radical (unpaired) electrons. The van der Waals surface area contributed by atoms with Gasteiger partial charge in [-0.15, -0.1) is 11.3 Å². The van der Waals surface area contributed by atoms with Crippen molar-refractivity contribution in [2.75, 3.05) is 6.54 Å². The van der Waals surface area contributed by atoms with Crippen molar-refractivity contribution in [3.05, 3.63) is 46.3 Å². The highest BCUT2D eigenvalue weighted by Gasteiger charge is 2.32. The average Bonchev–Trinajstić information content (AvgIpc) is 3.33. The molecular formula is C17H19N5OS. The van der Waals surface area contributed by atoms with Gasteiger partial charge in [-0.25, -0.2) is 4.98 Å². The number of nitrogens with zero attached hydrogens (tertiary/aromatic N) is 4. The number of aromatic amines is 1. The van der Waals surface area contributed by atoms with Gasteiger partial charge in [0.2, 0.25) is 0 Å². The molecule has 0 aromatic carbocycles. The molecule has 0 bridgehead atoms. The molecule has 4 heterocycles. The van der Waals surface area contributed by atoms with Crippen LogP contribution < -0.4 is 0 Å². The molecule has 24 heavy (non-hydrogen) atoms. The van der Waals surface area contributed by atoms with Gasteiger partial charge in [0, 0.05) is 42.5 Å². The van der Waals surface area contributed by atoms with Crippen LogP contribution in [0.5, 0.6) is 0 Å². The summed E-state index contributed by atoms with van der Waals surface area (Å²) in [6, 6.07) is 2.05. The van der Waals surface area contributed by atoms with E-state index in [9.17, 15) is 4.79 Å². The van der Waals surface area contributed by atoms with Gasteiger partial charge < -0.3 is 9.47 Å². The Bertz CT molecular complexity index is 864. The normalized spacial score (nSPS) is 17.6. The van der Waals surface area contributed by atoms with Crippen LogP contribution in [0.2, 0.25) is 0 Å². The molecule has 1 aliphatic heterocycles. The number of amides is 1. The summed E-state index contributed by atoms with van der Waals surface area (Å²) in [5.41, 5.74) is 3.70. The molecule has 3 aromatic rings. The molecule has 1 N–H and O–H groups in total. The summed E-state index contributed by atoms with van der Waals surface area (Å²) in [4.78, 5) is 19.6.